The summed E-state index contributed by atoms with van der Waals surface area (Å²) in [6.07, 6.45) is 5.88. The van der Waals surface area contributed by atoms with Gasteiger partial charge in [0.2, 0.25) is 17.7 Å². The van der Waals surface area contributed by atoms with Crippen molar-refractivity contribution in [2.24, 2.45) is 17.2 Å². The Hall–Kier alpha value is -3.03. The number of hydrogen-bond acceptors (Lipinski definition) is 8. The van der Waals surface area contributed by atoms with Crippen LogP contribution in [0.1, 0.15) is 44.2 Å². The molecule has 0 aliphatic carbocycles. The van der Waals surface area contributed by atoms with E-state index in [4.69, 9.17) is 17.2 Å². The van der Waals surface area contributed by atoms with Gasteiger partial charge in [0.25, 0.3) is 0 Å². The summed E-state index contributed by atoms with van der Waals surface area (Å²) in [5, 5.41) is 17.2. The third-order valence-corrected chi connectivity index (χ3v) is 4.96. The lowest BCUT2D eigenvalue weighted by atomic mass is 10.0. The maximum absolute atomic E-state index is 12.9. The second-order valence-corrected chi connectivity index (χ2v) is 7.63. The van der Waals surface area contributed by atoms with E-state index in [2.05, 4.69) is 25.9 Å². The highest BCUT2D eigenvalue weighted by molar-refractivity contribution is 5.93. The number of amides is 3. The van der Waals surface area contributed by atoms with Gasteiger partial charge in [-0.15, -0.1) is 0 Å². The van der Waals surface area contributed by atoms with E-state index < -0.39 is 41.8 Å². The van der Waals surface area contributed by atoms with Crippen molar-refractivity contribution in [1.82, 2.24) is 25.9 Å². The van der Waals surface area contributed by atoms with Crippen LogP contribution in [-0.4, -0.2) is 76.5 Å². The third kappa shape index (κ3) is 10.9. The van der Waals surface area contributed by atoms with Crippen molar-refractivity contribution in [2.75, 3.05) is 19.6 Å². The van der Waals surface area contributed by atoms with Crippen LogP contribution in [0.3, 0.4) is 0 Å². The first-order valence-corrected chi connectivity index (χ1v) is 11.0. The van der Waals surface area contributed by atoms with Crippen LogP contribution in [0.25, 0.3) is 0 Å². The summed E-state index contributed by atoms with van der Waals surface area (Å²) in [6, 6.07) is -3.11. The Morgan fingerprint density at radius 1 is 0.879 bits per heavy atom. The number of nitrogens with zero attached hydrogens (tertiary/aromatic N) is 1. The van der Waals surface area contributed by atoms with Crippen molar-refractivity contribution in [3.05, 3.63) is 18.2 Å². The fourth-order valence-corrected chi connectivity index (χ4v) is 3.14. The zero-order valence-electron chi connectivity index (χ0n) is 18.7. The highest BCUT2D eigenvalue weighted by Crippen LogP contribution is 2.07. The van der Waals surface area contributed by atoms with Crippen molar-refractivity contribution in [1.29, 1.82) is 0 Å². The molecule has 1 rings (SSSR count). The number of hydrogen-bond donors (Lipinski definition) is 8. The molecule has 33 heavy (non-hydrogen) atoms. The molecule has 3 atom stereocenters. The summed E-state index contributed by atoms with van der Waals surface area (Å²) in [5.41, 5.74) is 16.9. The van der Waals surface area contributed by atoms with Gasteiger partial charge in [0.1, 0.15) is 18.1 Å². The van der Waals surface area contributed by atoms with Gasteiger partial charge in [0.05, 0.1) is 12.9 Å². The minimum absolute atomic E-state index is 0.00118. The monoisotopic (exact) mass is 468 g/mol. The van der Waals surface area contributed by atoms with E-state index in [1.54, 1.807) is 0 Å². The Kier molecular flexibility index (Phi) is 13.3. The maximum atomic E-state index is 12.9. The minimum Gasteiger partial charge on any atom is -0.480 e. The minimum atomic E-state index is -1.22. The molecule has 0 saturated heterocycles. The van der Waals surface area contributed by atoms with Crippen LogP contribution in [0.5, 0.6) is 0 Å². The lowest BCUT2D eigenvalue weighted by molar-refractivity contribution is -0.142. The van der Waals surface area contributed by atoms with Gasteiger partial charge in [-0.2, -0.15) is 0 Å². The number of rotatable bonds is 17. The number of carboxylic acids is 1. The fourth-order valence-electron chi connectivity index (χ4n) is 3.14. The second-order valence-electron chi connectivity index (χ2n) is 7.63. The Balaban J connectivity index is 2.90. The van der Waals surface area contributed by atoms with Crippen molar-refractivity contribution in [3.63, 3.8) is 0 Å². The molecule has 0 radical (unpaired) electrons. The highest BCUT2D eigenvalue weighted by atomic mass is 16.4. The van der Waals surface area contributed by atoms with Gasteiger partial charge in [-0.05, 0) is 51.6 Å². The first-order valence-electron chi connectivity index (χ1n) is 11.0. The van der Waals surface area contributed by atoms with Crippen LogP contribution in [0.2, 0.25) is 0 Å². The SMILES string of the molecule is NCCCCC(NC(=O)CN)C(=O)NC(CCCCN)C(=O)NC(Cc1cnc[nH]1)C(=O)O. The molecule has 0 spiro atoms. The van der Waals surface area contributed by atoms with Gasteiger partial charge in [0.15, 0.2) is 0 Å². The second kappa shape index (κ2) is 15.7. The summed E-state index contributed by atoms with van der Waals surface area (Å²) in [4.78, 5) is 55.8. The smallest absolute Gasteiger partial charge is 0.326 e. The van der Waals surface area contributed by atoms with Gasteiger partial charge in [-0.3, -0.25) is 14.4 Å². The normalized spacial score (nSPS) is 13.5. The number of nitrogens with one attached hydrogen (secondary N) is 4. The number of H-pyrrole nitrogens is 1. The van der Waals surface area contributed by atoms with Crippen LogP contribution >= 0.6 is 0 Å². The van der Waals surface area contributed by atoms with Gasteiger partial charge in [-0.1, -0.05) is 0 Å². The molecule has 1 heterocycles. The molecule has 0 saturated carbocycles. The van der Waals surface area contributed by atoms with Gasteiger partial charge in [0, 0.05) is 18.3 Å². The molecule has 0 aliphatic rings. The van der Waals surface area contributed by atoms with Crippen LogP contribution in [0, 0.1) is 0 Å². The lowest BCUT2D eigenvalue weighted by Gasteiger charge is -2.24. The number of carbonyl (C=O) groups excluding carboxylic acids is 3. The van der Waals surface area contributed by atoms with E-state index in [0.717, 1.165) is 0 Å². The van der Waals surface area contributed by atoms with E-state index in [1.807, 2.05) is 0 Å². The average molecular weight is 469 g/mol. The molecular formula is C20H36N8O5. The number of aromatic amines is 1. The first-order chi connectivity index (χ1) is 15.8. The Morgan fingerprint density at radius 3 is 1.88 bits per heavy atom. The highest BCUT2D eigenvalue weighted by Gasteiger charge is 2.29. The molecule has 13 nitrogen and oxygen atoms in total. The summed E-state index contributed by atoms with van der Waals surface area (Å²) < 4.78 is 0. The van der Waals surface area contributed by atoms with Crippen molar-refractivity contribution in [3.8, 4) is 0 Å². The third-order valence-electron chi connectivity index (χ3n) is 4.96. The molecule has 1 aromatic rings. The zero-order chi connectivity index (χ0) is 24.6. The van der Waals surface area contributed by atoms with E-state index in [-0.39, 0.29) is 19.4 Å². The van der Waals surface area contributed by atoms with Crippen molar-refractivity contribution in [2.45, 2.75) is 63.1 Å². The number of carbonyl (C=O) groups is 4. The molecule has 0 aromatic carbocycles. The molecular weight excluding hydrogens is 432 g/mol. The van der Waals surface area contributed by atoms with Crippen molar-refractivity contribution >= 4 is 23.7 Å². The quantitative estimate of drug-likeness (QED) is 0.115. The van der Waals surface area contributed by atoms with Crippen LogP contribution < -0.4 is 33.2 Å². The largest absolute Gasteiger partial charge is 0.480 e. The van der Waals surface area contributed by atoms with E-state index >= 15 is 0 Å². The van der Waals surface area contributed by atoms with Gasteiger partial charge in [-0.25, -0.2) is 9.78 Å². The lowest BCUT2D eigenvalue weighted by Crippen LogP contribution is -2.56. The summed E-state index contributed by atoms with van der Waals surface area (Å²) in [5.74, 6) is -2.92. The molecule has 0 aliphatic heterocycles. The Bertz CT molecular complexity index is 743. The van der Waals surface area contributed by atoms with Crippen LogP contribution in [-0.2, 0) is 25.6 Å². The van der Waals surface area contributed by atoms with E-state index in [9.17, 15) is 24.3 Å². The summed E-state index contributed by atoms with van der Waals surface area (Å²) in [7, 11) is 0. The van der Waals surface area contributed by atoms with Gasteiger partial charge < -0.3 is 43.2 Å². The van der Waals surface area contributed by atoms with E-state index in [1.165, 1.54) is 12.5 Å². The van der Waals surface area contributed by atoms with Crippen LogP contribution in [0.15, 0.2) is 12.5 Å². The topological polar surface area (TPSA) is 231 Å². The number of aromatic nitrogens is 2. The maximum Gasteiger partial charge on any atom is 0.326 e. The predicted octanol–water partition coefficient (Wildman–Crippen LogP) is -2.29. The molecule has 186 valence electrons. The van der Waals surface area contributed by atoms with E-state index in [0.29, 0.717) is 50.9 Å². The fraction of sp³-hybridized carbons (Fsp3) is 0.650. The van der Waals surface area contributed by atoms with Crippen LogP contribution in [0.4, 0.5) is 0 Å². The Labute approximate surface area is 192 Å². The van der Waals surface area contributed by atoms with Gasteiger partial charge >= 0.3 is 5.97 Å². The average Bonchev–Trinajstić information content (AvgIpc) is 3.30. The molecule has 3 amide bonds. The molecule has 3 unspecified atom stereocenters. The standard InChI is InChI=1S/C20H36N8O5/c21-7-3-1-5-14(26-17(29)10-23)18(30)27-15(6-2-4-8-22)19(31)28-16(20(32)33)9-13-11-24-12-25-13/h11-12,14-16H,1-10,21-23H2,(H,24,25)(H,26,29)(H,27,30)(H,28,31)(H,32,33). The van der Waals surface area contributed by atoms with Crippen molar-refractivity contribution < 1.29 is 24.3 Å². The zero-order valence-corrected chi connectivity index (χ0v) is 18.7. The predicted molar refractivity (Wildman–Crippen MR) is 121 cm³/mol. The molecule has 13 heteroatoms. The number of carboxylic acid groups (broad SMARTS) is 1. The number of imidazole rings is 1. The molecule has 0 bridgehead atoms. The number of unbranched alkanes of at least 4 members (excludes halogenated alkanes) is 2. The summed E-state index contributed by atoms with van der Waals surface area (Å²) >= 11 is 0. The summed E-state index contributed by atoms with van der Waals surface area (Å²) in [6.45, 7) is 0.569. The molecule has 11 N–H and O–H groups in total. The molecule has 0 fully saturated rings. The number of nitrogens with two attached hydrogens (primary N) is 3. The number of aliphatic carboxylic acids is 1. The first kappa shape index (κ1) is 28.0. The molecule has 1 aromatic heterocycles. The Morgan fingerprint density at radius 2 is 1.42 bits per heavy atom.